The van der Waals surface area contributed by atoms with Crippen LogP contribution in [0.4, 0.5) is 0 Å². The van der Waals surface area contributed by atoms with Gasteiger partial charge in [0.15, 0.2) is 5.78 Å². The van der Waals surface area contributed by atoms with E-state index in [1.54, 1.807) is 6.92 Å². The van der Waals surface area contributed by atoms with Crippen LogP contribution in [0.25, 0.3) is 6.08 Å². The Labute approximate surface area is 132 Å². The average molecular weight is 301 g/mol. The second-order valence-electron chi connectivity index (χ2n) is 6.69. The number of nitrogens with two attached hydrogens (primary N) is 1. The summed E-state index contributed by atoms with van der Waals surface area (Å²) >= 11 is 0. The van der Waals surface area contributed by atoms with Crippen LogP contribution in [0.2, 0.25) is 0 Å². The molecule has 1 fully saturated rings. The summed E-state index contributed by atoms with van der Waals surface area (Å²) < 4.78 is 12.1. The topological polar surface area (TPSA) is 61.6 Å². The Morgan fingerprint density at radius 3 is 2.05 bits per heavy atom. The van der Waals surface area contributed by atoms with Gasteiger partial charge in [-0.15, -0.1) is 0 Å². The number of hydrogen-bond donors (Lipinski definition) is 1. The normalized spacial score (nSPS) is 20.3. The van der Waals surface area contributed by atoms with Gasteiger partial charge in [-0.1, -0.05) is 30.3 Å². The second kappa shape index (κ2) is 5.99. The van der Waals surface area contributed by atoms with Gasteiger partial charge < -0.3 is 15.0 Å². The van der Waals surface area contributed by atoms with Crippen LogP contribution in [0, 0.1) is 0 Å². The molecule has 1 aromatic rings. The Morgan fingerprint density at radius 2 is 1.64 bits per heavy atom. The lowest BCUT2D eigenvalue weighted by molar-refractivity contribution is 0.00578. The quantitative estimate of drug-likeness (QED) is 0.686. The van der Waals surface area contributed by atoms with E-state index in [4.69, 9.17) is 15.0 Å². The van der Waals surface area contributed by atoms with Gasteiger partial charge in [-0.3, -0.25) is 4.79 Å². The summed E-state index contributed by atoms with van der Waals surface area (Å²) in [7, 11) is -0.442. The average Bonchev–Trinajstić information content (AvgIpc) is 2.65. The van der Waals surface area contributed by atoms with Gasteiger partial charge in [-0.05, 0) is 45.7 Å². The maximum Gasteiger partial charge on any atom is 0.491 e. The van der Waals surface area contributed by atoms with Crippen molar-refractivity contribution in [2.24, 2.45) is 5.73 Å². The number of hydrogen-bond acceptors (Lipinski definition) is 4. The third kappa shape index (κ3) is 3.32. The van der Waals surface area contributed by atoms with Crippen molar-refractivity contribution in [3.63, 3.8) is 0 Å². The van der Waals surface area contributed by atoms with Gasteiger partial charge in [0.1, 0.15) is 0 Å². The number of carbonyl (C=O) groups is 1. The van der Waals surface area contributed by atoms with Crippen molar-refractivity contribution in [2.45, 2.75) is 45.8 Å². The third-order valence-corrected chi connectivity index (χ3v) is 4.46. The monoisotopic (exact) mass is 301 g/mol. The molecule has 4 nitrogen and oxygen atoms in total. The molecule has 1 aliphatic heterocycles. The van der Waals surface area contributed by atoms with Gasteiger partial charge >= 0.3 is 7.12 Å². The molecule has 0 aliphatic carbocycles. The van der Waals surface area contributed by atoms with E-state index in [0.29, 0.717) is 12.1 Å². The Hall–Kier alpha value is -1.43. The number of carbonyl (C=O) groups excluding carboxylic acids is 1. The van der Waals surface area contributed by atoms with E-state index in [1.165, 1.54) is 0 Å². The molecule has 0 atom stereocenters. The highest BCUT2D eigenvalue weighted by Gasteiger charge is 2.52. The van der Waals surface area contributed by atoms with Crippen LogP contribution in [0.15, 0.2) is 29.7 Å². The lowest BCUT2D eigenvalue weighted by Gasteiger charge is -2.32. The summed E-state index contributed by atoms with van der Waals surface area (Å²) in [6.07, 6.45) is 1.96. The summed E-state index contributed by atoms with van der Waals surface area (Å²) in [5, 5.41) is 0. The summed E-state index contributed by atoms with van der Waals surface area (Å²) in [6, 6.07) is 7.42. The number of benzene rings is 1. The summed E-state index contributed by atoms with van der Waals surface area (Å²) in [6.45, 7) is 9.98. The molecule has 1 aromatic carbocycles. The predicted octanol–water partition coefficient (Wildman–Crippen LogP) is 2.86. The van der Waals surface area contributed by atoms with Gasteiger partial charge in [-0.25, -0.2) is 0 Å². The molecule has 1 saturated heterocycles. The molecule has 0 amide bonds. The highest BCUT2D eigenvalue weighted by molar-refractivity contribution is 6.55. The molecular weight excluding hydrogens is 277 g/mol. The van der Waals surface area contributed by atoms with Crippen molar-refractivity contribution in [3.05, 3.63) is 40.9 Å². The molecule has 1 aliphatic rings. The lowest BCUT2D eigenvalue weighted by Crippen LogP contribution is -2.41. The van der Waals surface area contributed by atoms with Crippen LogP contribution >= 0.6 is 0 Å². The molecule has 22 heavy (non-hydrogen) atoms. The highest BCUT2D eigenvalue weighted by Crippen LogP contribution is 2.38. The summed E-state index contributed by atoms with van der Waals surface area (Å²) in [4.78, 5) is 11.3. The van der Waals surface area contributed by atoms with E-state index >= 15 is 0 Å². The molecular formula is C17H24BNO3. The van der Waals surface area contributed by atoms with Crippen molar-refractivity contribution in [3.8, 4) is 0 Å². The predicted molar refractivity (Wildman–Crippen MR) is 89.6 cm³/mol. The van der Waals surface area contributed by atoms with Crippen LogP contribution in [-0.2, 0) is 9.31 Å². The third-order valence-electron chi connectivity index (χ3n) is 4.46. The standard InChI is InChI=1S/C17H24BNO3/c1-12(20)14-8-6-13(7-9-14)10-15(11-19)18-21-16(2,3)17(4,5)22-18/h6-10H,11,19H2,1-5H3. The van der Waals surface area contributed by atoms with E-state index < -0.39 is 7.12 Å². The maximum absolute atomic E-state index is 11.3. The molecule has 0 unspecified atom stereocenters. The highest BCUT2D eigenvalue weighted by atomic mass is 16.7. The molecule has 118 valence electrons. The fourth-order valence-electron chi connectivity index (χ4n) is 2.25. The minimum Gasteiger partial charge on any atom is -0.400 e. The number of ketones is 1. The molecule has 0 radical (unpaired) electrons. The smallest absolute Gasteiger partial charge is 0.400 e. The fourth-order valence-corrected chi connectivity index (χ4v) is 2.25. The van der Waals surface area contributed by atoms with E-state index in [9.17, 15) is 4.79 Å². The fraction of sp³-hybridized carbons (Fsp3) is 0.471. The Bertz CT molecular complexity index is 574. The van der Waals surface area contributed by atoms with E-state index in [2.05, 4.69) is 0 Å². The number of Topliss-reactive ketones (excluding diaryl/α,β-unsaturated/α-hetero) is 1. The van der Waals surface area contributed by atoms with Crippen LogP contribution in [0.5, 0.6) is 0 Å². The zero-order chi connectivity index (χ0) is 16.5. The first-order valence-corrected chi connectivity index (χ1v) is 7.53. The van der Waals surface area contributed by atoms with Crippen LogP contribution in [0.1, 0.15) is 50.5 Å². The van der Waals surface area contributed by atoms with Crippen molar-refractivity contribution in [1.29, 1.82) is 0 Å². The Morgan fingerprint density at radius 1 is 1.14 bits per heavy atom. The minimum absolute atomic E-state index is 0.0561. The zero-order valence-electron chi connectivity index (χ0n) is 14.0. The van der Waals surface area contributed by atoms with Crippen LogP contribution < -0.4 is 5.73 Å². The molecule has 0 saturated carbocycles. The second-order valence-corrected chi connectivity index (χ2v) is 6.69. The molecule has 0 bridgehead atoms. The molecule has 5 heteroatoms. The van der Waals surface area contributed by atoms with Gasteiger partial charge in [0.05, 0.1) is 11.2 Å². The summed E-state index contributed by atoms with van der Waals surface area (Å²) in [5.41, 5.74) is 7.66. The lowest BCUT2D eigenvalue weighted by atomic mass is 9.77. The Balaban J connectivity index is 2.23. The minimum atomic E-state index is -0.442. The molecule has 2 N–H and O–H groups in total. The van der Waals surface area contributed by atoms with Gasteiger partial charge in [0.2, 0.25) is 0 Å². The first-order chi connectivity index (χ1) is 10.2. The van der Waals surface area contributed by atoms with Crippen molar-refractivity contribution < 1.29 is 14.1 Å². The first kappa shape index (κ1) is 16.9. The summed E-state index contributed by atoms with van der Waals surface area (Å²) in [5.74, 6) is 0.0561. The first-order valence-electron chi connectivity index (χ1n) is 7.53. The number of rotatable bonds is 4. The largest absolute Gasteiger partial charge is 0.491 e. The molecule has 0 spiro atoms. The maximum atomic E-state index is 11.3. The molecule has 0 aromatic heterocycles. The van der Waals surface area contributed by atoms with Gasteiger partial charge in [-0.2, -0.15) is 0 Å². The van der Waals surface area contributed by atoms with Gasteiger partial charge in [0.25, 0.3) is 0 Å². The van der Waals surface area contributed by atoms with Crippen molar-refractivity contribution in [2.75, 3.05) is 6.54 Å². The molecule has 1 heterocycles. The zero-order valence-corrected chi connectivity index (χ0v) is 14.0. The van der Waals surface area contributed by atoms with E-state index in [-0.39, 0.29) is 17.0 Å². The van der Waals surface area contributed by atoms with Crippen molar-refractivity contribution in [1.82, 2.24) is 0 Å². The Kier molecular flexibility index (Phi) is 4.61. The van der Waals surface area contributed by atoms with E-state index in [0.717, 1.165) is 11.0 Å². The van der Waals surface area contributed by atoms with Gasteiger partial charge in [0, 0.05) is 12.1 Å². The van der Waals surface area contributed by atoms with E-state index in [1.807, 2.05) is 58.0 Å². The molecule has 2 rings (SSSR count). The van der Waals surface area contributed by atoms with Crippen LogP contribution in [-0.4, -0.2) is 30.6 Å². The SMILES string of the molecule is CC(=O)c1ccc(C=C(CN)B2OC(C)(C)C(C)(C)O2)cc1. The van der Waals surface area contributed by atoms with Crippen LogP contribution in [0.3, 0.4) is 0 Å². The van der Waals surface area contributed by atoms with Crippen molar-refractivity contribution >= 4 is 19.0 Å².